The van der Waals surface area contributed by atoms with Gasteiger partial charge in [-0.15, -0.1) is 11.3 Å². The number of halogens is 2. The van der Waals surface area contributed by atoms with Gasteiger partial charge in [0.25, 0.3) is 0 Å². The molecule has 1 atom stereocenters. The molecular formula is C15H16F2N2OS. The van der Waals surface area contributed by atoms with E-state index in [1.165, 1.54) is 18.9 Å². The van der Waals surface area contributed by atoms with E-state index in [1.807, 2.05) is 11.4 Å². The molecule has 1 saturated heterocycles. The van der Waals surface area contributed by atoms with Crippen LogP contribution in [0.3, 0.4) is 0 Å². The summed E-state index contributed by atoms with van der Waals surface area (Å²) in [6.45, 7) is -1.78. The Morgan fingerprint density at radius 3 is 3.00 bits per heavy atom. The first-order chi connectivity index (χ1) is 10.2. The van der Waals surface area contributed by atoms with Crippen LogP contribution in [0.15, 0.2) is 29.6 Å². The van der Waals surface area contributed by atoms with Gasteiger partial charge in [0.05, 0.1) is 11.7 Å². The number of nitrogens with zero attached hydrogens (tertiary/aromatic N) is 1. The predicted molar refractivity (Wildman–Crippen MR) is 78.8 cm³/mol. The SMILES string of the molecule is FC(F)Oc1cccc(-c2csc(C3CCCCN3)n2)c1. The third-order valence-corrected chi connectivity index (χ3v) is 4.44. The Hall–Kier alpha value is -1.53. The van der Waals surface area contributed by atoms with Gasteiger partial charge in [0, 0.05) is 10.9 Å². The molecule has 112 valence electrons. The smallest absolute Gasteiger partial charge is 0.387 e. The molecule has 6 heteroatoms. The Labute approximate surface area is 126 Å². The lowest BCUT2D eigenvalue weighted by Gasteiger charge is -2.21. The van der Waals surface area contributed by atoms with Gasteiger partial charge >= 0.3 is 6.61 Å². The lowest BCUT2D eigenvalue weighted by Crippen LogP contribution is -2.26. The molecule has 0 radical (unpaired) electrons. The second kappa shape index (κ2) is 6.49. The van der Waals surface area contributed by atoms with Gasteiger partial charge in [0.1, 0.15) is 10.8 Å². The van der Waals surface area contributed by atoms with E-state index in [1.54, 1.807) is 23.5 Å². The molecule has 1 fully saturated rings. The monoisotopic (exact) mass is 310 g/mol. The molecule has 0 bridgehead atoms. The quantitative estimate of drug-likeness (QED) is 0.918. The number of thiazole rings is 1. The van der Waals surface area contributed by atoms with Crippen LogP contribution in [0.4, 0.5) is 8.78 Å². The number of hydrogen-bond donors (Lipinski definition) is 1. The van der Waals surface area contributed by atoms with Crippen LogP contribution in [0, 0.1) is 0 Å². The summed E-state index contributed by atoms with van der Waals surface area (Å²) in [6.07, 6.45) is 3.52. The highest BCUT2D eigenvalue weighted by molar-refractivity contribution is 7.10. The highest BCUT2D eigenvalue weighted by Crippen LogP contribution is 2.31. The van der Waals surface area contributed by atoms with Crippen LogP contribution < -0.4 is 10.1 Å². The van der Waals surface area contributed by atoms with Crippen LogP contribution in [0.2, 0.25) is 0 Å². The molecule has 1 N–H and O–H groups in total. The minimum atomic E-state index is -2.81. The van der Waals surface area contributed by atoms with Crippen molar-refractivity contribution in [2.24, 2.45) is 0 Å². The molecular weight excluding hydrogens is 294 g/mol. The number of aromatic nitrogens is 1. The van der Waals surface area contributed by atoms with E-state index >= 15 is 0 Å². The van der Waals surface area contributed by atoms with Gasteiger partial charge < -0.3 is 10.1 Å². The molecule has 1 aliphatic rings. The average molecular weight is 310 g/mol. The van der Waals surface area contributed by atoms with Crippen LogP contribution in [0.5, 0.6) is 5.75 Å². The van der Waals surface area contributed by atoms with E-state index in [9.17, 15) is 8.78 Å². The Bertz CT molecular complexity index is 597. The molecule has 1 aromatic carbocycles. The fourth-order valence-corrected chi connectivity index (χ4v) is 3.41. The van der Waals surface area contributed by atoms with E-state index in [4.69, 9.17) is 0 Å². The number of alkyl halides is 2. The maximum Gasteiger partial charge on any atom is 0.387 e. The van der Waals surface area contributed by atoms with Gasteiger partial charge in [-0.25, -0.2) is 4.98 Å². The molecule has 2 aromatic rings. The molecule has 21 heavy (non-hydrogen) atoms. The average Bonchev–Trinajstić information content (AvgIpc) is 2.98. The molecule has 3 nitrogen and oxygen atoms in total. The topological polar surface area (TPSA) is 34.1 Å². The van der Waals surface area contributed by atoms with Crippen molar-refractivity contribution < 1.29 is 13.5 Å². The van der Waals surface area contributed by atoms with Gasteiger partial charge in [-0.3, -0.25) is 0 Å². The number of nitrogens with one attached hydrogen (secondary N) is 1. The Balaban J connectivity index is 1.79. The predicted octanol–water partition coefficient (Wildman–Crippen LogP) is 4.23. The summed E-state index contributed by atoms with van der Waals surface area (Å²) in [5.41, 5.74) is 1.61. The van der Waals surface area contributed by atoms with Crippen LogP contribution in [0.1, 0.15) is 30.3 Å². The number of rotatable bonds is 4. The molecule has 2 heterocycles. The van der Waals surface area contributed by atoms with Gasteiger partial charge in [-0.2, -0.15) is 8.78 Å². The minimum Gasteiger partial charge on any atom is -0.435 e. The first-order valence-electron chi connectivity index (χ1n) is 6.96. The summed E-state index contributed by atoms with van der Waals surface area (Å²) < 4.78 is 28.9. The van der Waals surface area contributed by atoms with Crippen molar-refractivity contribution >= 4 is 11.3 Å². The highest BCUT2D eigenvalue weighted by Gasteiger charge is 2.18. The fraction of sp³-hybridized carbons (Fsp3) is 0.400. The van der Waals surface area contributed by atoms with E-state index in [-0.39, 0.29) is 5.75 Å². The lowest BCUT2D eigenvalue weighted by molar-refractivity contribution is -0.0498. The summed E-state index contributed by atoms with van der Waals surface area (Å²) in [5, 5.41) is 6.49. The van der Waals surface area contributed by atoms with Crippen molar-refractivity contribution in [3.63, 3.8) is 0 Å². The van der Waals surface area contributed by atoms with Crippen molar-refractivity contribution in [2.75, 3.05) is 6.54 Å². The minimum absolute atomic E-state index is 0.160. The van der Waals surface area contributed by atoms with Crippen LogP contribution >= 0.6 is 11.3 Å². The van der Waals surface area contributed by atoms with Crippen molar-refractivity contribution in [1.82, 2.24) is 10.3 Å². The first kappa shape index (κ1) is 14.4. The van der Waals surface area contributed by atoms with Gasteiger partial charge in [0.2, 0.25) is 0 Å². The standard InChI is InChI=1S/C15H16F2N2OS/c16-15(17)20-11-5-3-4-10(8-11)13-9-21-14(19-13)12-6-1-2-7-18-12/h3-5,8-9,12,15,18H,1-2,6-7H2. The van der Waals surface area contributed by atoms with Crippen LogP contribution in [-0.4, -0.2) is 18.1 Å². The summed E-state index contributed by atoms with van der Waals surface area (Å²) in [7, 11) is 0. The molecule has 0 amide bonds. The zero-order valence-electron chi connectivity index (χ0n) is 11.4. The largest absolute Gasteiger partial charge is 0.435 e. The number of piperidine rings is 1. The van der Waals surface area contributed by atoms with Gasteiger partial charge in [0.15, 0.2) is 0 Å². The van der Waals surface area contributed by atoms with E-state index in [0.29, 0.717) is 6.04 Å². The van der Waals surface area contributed by atoms with Crippen LogP contribution in [0.25, 0.3) is 11.3 Å². The summed E-state index contributed by atoms with van der Waals surface area (Å²) in [6, 6.07) is 6.99. The van der Waals surface area contributed by atoms with Gasteiger partial charge in [-0.1, -0.05) is 18.6 Å². The zero-order valence-corrected chi connectivity index (χ0v) is 12.2. The number of hydrogen-bond acceptors (Lipinski definition) is 4. The second-order valence-electron chi connectivity index (χ2n) is 4.98. The molecule has 0 aliphatic carbocycles. The van der Waals surface area contributed by atoms with Crippen LogP contribution in [-0.2, 0) is 0 Å². The third kappa shape index (κ3) is 3.57. The van der Waals surface area contributed by atoms with E-state index in [0.717, 1.165) is 29.2 Å². The highest BCUT2D eigenvalue weighted by atomic mass is 32.1. The fourth-order valence-electron chi connectivity index (χ4n) is 2.47. The molecule has 1 aromatic heterocycles. The summed E-state index contributed by atoms with van der Waals surface area (Å²) in [5.74, 6) is 0.160. The Kier molecular flexibility index (Phi) is 4.45. The first-order valence-corrected chi connectivity index (χ1v) is 7.84. The Morgan fingerprint density at radius 1 is 1.33 bits per heavy atom. The van der Waals surface area contributed by atoms with E-state index in [2.05, 4.69) is 15.0 Å². The molecule has 0 spiro atoms. The van der Waals surface area contributed by atoms with E-state index < -0.39 is 6.61 Å². The maximum absolute atomic E-state index is 12.3. The number of ether oxygens (including phenoxy) is 1. The second-order valence-corrected chi connectivity index (χ2v) is 5.87. The summed E-state index contributed by atoms with van der Waals surface area (Å²) >= 11 is 1.61. The molecule has 1 unspecified atom stereocenters. The third-order valence-electron chi connectivity index (χ3n) is 3.49. The van der Waals surface area contributed by atoms with Crippen molar-refractivity contribution in [3.8, 4) is 17.0 Å². The normalized spacial score (nSPS) is 18.9. The Morgan fingerprint density at radius 2 is 2.24 bits per heavy atom. The summed E-state index contributed by atoms with van der Waals surface area (Å²) in [4.78, 5) is 4.64. The molecule has 3 rings (SSSR count). The molecule has 1 aliphatic heterocycles. The maximum atomic E-state index is 12.3. The number of benzene rings is 1. The van der Waals surface area contributed by atoms with Crippen molar-refractivity contribution in [1.29, 1.82) is 0 Å². The zero-order chi connectivity index (χ0) is 14.7. The van der Waals surface area contributed by atoms with Gasteiger partial charge in [-0.05, 0) is 31.5 Å². The van der Waals surface area contributed by atoms with Crippen molar-refractivity contribution in [2.45, 2.75) is 31.9 Å². The van der Waals surface area contributed by atoms with Crippen molar-refractivity contribution in [3.05, 3.63) is 34.7 Å². The molecule has 0 saturated carbocycles. The lowest BCUT2D eigenvalue weighted by atomic mass is 10.1.